The minimum absolute atomic E-state index is 1.23. The van der Waals surface area contributed by atoms with Gasteiger partial charge >= 0.3 is 25.7 Å². The zero-order valence-electron chi connectivity index (χ0n) is 34.5. The van der Waals surface area contributed by atoms with E-state index in [2.05, 4.69) is 79.3 Å². The first-order valence-electron chi connectivity index (χ1n) is 20.8. The van der Waals surface area contributed by atoms with Gasteiger partial charge in [-0.1, -0.05) is 168 Å². The maximum Gasteiger partial charge on any atom is 0.314 e. The van der Waals surface area contributed by atoms with Gasteiger partial charge in [-0.05, 0) is 77.6 Å². The van der Waals surface area contributed by atoms with Gasteiger partial charge in [0.05, 0.1) is 0 Å². The fourth-order valence-electron chi connectivity index (χ4n) is 7.46. The Balaban J connectivity index is 4.30. The van der Waals surface area contributed by atoms with Crippen LogP contribution < -0.4 is 0 Å². The molecule has 0 spiro atoms. The first-order valence-corrected chi connectivity index (χ1v) is 35.4. The van der Waals surface area contributed by atoms with Gasteiger partial charge in [-0.25, -0.2) is 0 Å². The molecule has 0 aromatic rings. The Bertz CT molecular complexity index is 731. The standard InChI is InChI=1S/C38H88O4Si5/c1-13-15-17-19-21-23-25-26-27-28-30-32-34-36-38-44(5,6)40-46(9,10)42-47(11,12)41-45(7,8)39-43(3,4)37-35-33-31-29-24-22-20-18-16-14-2/h13-38H2,1-12H3. The summed E-state index contributed by atoms with van der Waals surface area (Å²) >= 11 is 0. The predicted molar refractivity (Wildman–Crippen MR) is 224 cm³/mol. The van der Waals surface area contributed by atoms with Gasteiger partial charge in [0, 0.05) is 0 Å². The molecule has 284 valence electrons. The molecule has 0 heterocycles. The molecular weight excluding hydrogens is 661 g/mol. The van der Waals surface area contributed by atoms with Gasteiger partial charge in [0.2, 0.25) is 0 Å². The second-order valence-corrected chi connectivity index (χ2v) is 37.1. The molecule has 0 aliphatic carbocycles. The first kappa shape index (κ1) is 47.9. The fourth-order valence-corrected chi connectivity index (χ4v) is 32.2. The van der Waals surface area contributed by atoms with Crippen molar-refractivity contribution in [2.45, 2.75) is 246 Å². The Morgan fingerprint density at radius 3 is 0.681 bits per heavy atom. The molecule has 0 aromatic carbocycles. The van der Waals surface area contributed by atoms with E-state index < -0.39 is 42.3 Å². The summed E-state index contributed by atoms with van der Waals surface area (Å²) in [6, 6.07) is 2.46. The van der Waals surface area contributed by atoms with Crippen LogP contribution in [0.2, 0.25) is 77.6 Å². The maximum atomic E-state index is 6.90. The van der Waals surface area contributed by atoms with E-state index in [0.29, 0.717) is 0 Å². The van der Waals surface area contributed by atoms with Crippen molar-refractivity contribution in [1.29, 1.82) is 0 Å². The van der Waals surface area contributed by atoms with Crippen LogP contribution >= 0.6 is 0 Å². The van der Waals surface area contributed by atoms with Gasteiger partial charge in [-0.15, -0.1) is 0 Å². The third kappa shape index (κ3) is 31.4. The normalized spacial score (nSPS) is 13.5. The summed E-state index contributed by atoms with van der Waals surface area (Å²) in [5, 5.41) is 0. The molecule has 0 N–H and O–H groups in total. The van der Waals surface area contributed by atoms with E-state index in [9.17, 15) is 0 Å². The van der Waals surface area contributed by atoms with E-state index in [1.54, 1.807) is 0 Å². The zero-order chi connectivity index (χ0) is 35.7. The summed E-state index contributed by atoms with van der Waals surface area (Å²) in [5.74, 6) is 0. The topological polar surface area (TPSA) is 36.9 Å². The smallest absolute Gasteiger partial charge is 0.314 e. The summed E-state index contributed by atoms with van der Waals surface area (Å²) in [6.07, 6.45) is 33.6. The third-order valence-electron chi connectivity index (χ3n) is 9.29. The second-order valence-electron chi connectivity index (χ2n) is 17.4. The molecule has 0 aromatic heterocycles. The minimum atomic E-state index is -2.39. The third-order valence-corrected chi connectivity index (χ3v) is 28.6. The van der Waals surface area contributed by atoms with Crippen LogP contribution in [-0.4, -0.2) is 42.3 Å². The monoisotopic (exact) mass is 749 g/mol. The van der Waals surface area contributed by atoms with Crippen molar-refractivity contribution < 1.29 is 16.5 Å². The van der Waals surface area contributed by atoms with Gasteiger partial charge in [0.25, 0.3) is 0 Å². The molecule has 0 amide bonds. The zero-order valence-corrected chi connectivity index (χ0v) is 39.5. The molecule has 0 rings (SSSR count). The van der Waals surface area contributed by atoms with Crippen molar-refractivity contribution in [3.05, 3.63) is 0 Å². The minimum Gasteiger partial charge on any atom is -0.436 e. The van der Waals surface area contributed by atoms with Crippen LogP contribution in [0.3, 0.4) is 0 Å². The lowest BCUT2D eigenvalue weighted by Crippen LogP contribution is -2.58. The number of rotatable bonds is 34. The number of hydrogen-bond donors (Lipinski definition) is 0. The summed E-state index contributed by atoms with van der Waals surface area (Å²) in [6.45, 7) is 27.5. The molecule has 0 fully saturated rings. The summed E-state index contributed by atoms with van der Waals surface area (Å²) < 4.78 is 27.5. The summed E-state index contributed by atoms with van der Waals surface area (Å²) in [4.78, 5) is 0. The number of unbranched alkanes of at least 4 members (excludes halogenated alkanes) is 22. The van der Waals surface area contributed by atoms with Crippen LogP contribution in [0.1, 0.15) is 168 Å². The van der Waals surface area contributed by atoms with E-state index >= 15 is 0 Å². The van der Waals surface area contributed by atoms with Crippen LogP contribution in [0.4, 0.5) is 0 Å². The lowest BCUT2D eigenvalue weighted by atomic mass is 10.0. The Morgan fingerprint density at radius 2 is 0.447 bits per heavy atom. The first-order chi connectivity index (χ1) is 21.9. The van der Waals surface area contributed by atoms with Crippen molar-refractivity contribution in [3.63, 3.8) is 0 Å². The lowest BCUT2D eigenvalue weighted by Gasteiger charge is -2.42. The molecule has 0 radical (unpaired) electrons. The van der Waals surface area contributed by atoms with Gasteiger partial charge < -0.3 is 16.5 Å². The van der Waals surface area contributed by atoms with Gasteiger partial charge in [0.1, 0.15) is 0 Å². The maximum absolute atomic E-state index is 6.90. The predicted octanol–water partition coefficient (Wildman–Crippen LogP) is 15.0. The van der Waals surface area contributed by atoms with Crippen LogP contribution in [0, 0.1) is 0 Å². The molecule has 0 bridgehead atoms. The molecule has 0 saturated heterocycles. The Hall–Kier alpha value is 0.924. The molecule has 9 heteroatoms. The van der Waals surface area contributed by atoms with E-state index in [1.807, 2.05) is 0 Å². The highest BCUT2D eigenvalue weighted by atomic mass is 28.5. The molecule has 0 unspecified atom stereocenters. The molecule has 0 atom stereocenters. The van der Waals surface area contributed by atoms with Gasteiger partial charge in [-0.2, -0.15) is 0 Å². The van der Waals surface area contributed by atoms with Crippen molar-refractivity contribution in [2.75, 3.05) is 0 Å². The van der Waals surface area contributed by atoms with Crippen molar-refractivity contribution in [3.8, 4) is 0 Å². The average molecular weight is 750 g/mol. The lowest BCUT2D eigenvalue weighted by molar-refractivity contribution is 0.298. The van der Waals surface area contributed by atoms with Gasteiger partial charge in [-0.3, -0.25) is 0 Å². The molecule has 4 nitrogen and oxygen atoms in total. The van der Waals surface area contributed by atoms with Crippen LogP contribution in [0.15, 0.2) is 0 Å². The number of hydrogen-bond acceptors (Lipinski definition) is 4. The van der Waals surface area contributed by atoms with Gasteiger partial charge in [0.15, 0.2) is 16.6 Å². The van der Waals surface area contributed by atoms with Crippen LogP contribution in [-0.2, 0) is 16.5 Å². The molecule has 0 aliphatic heterocycles. The van der Waals surface area contributed by atoms with Crippen LogP contribution in [0.25, 0.3) is 0 Å². The average Bonchev–Trinajstić information content (AvgIpc) is 2.91. The highest BCUT2D eigenvalue weighted by Gasteiger charge is 2.45. The molecular formula is C38H88O4Si5. The summed E-state index contributed by atoms with van der Waals surface area (Å²) in [7, 11) is -10.6. The Kier molecular flexibility index (Phi) is 27.2. The molecule has 0 saturated carbocycles. The van der Waals surface area contributed by atoms with Crippen LogP contribution in [0.5, 0.6) is 0 Å². The van der Waals surface area contributed by atoms with E-state index in [-0.39, 0.29) is 0 Å². The van der Waals surface area contributed by atoms with Crippen molar-refractivity contribution in [1.82, 2.24) is 0 Å². The van der Waals surface area contributed by atoms with E-state index in [0.717, 1.165) is 0 Å². The summed E-state index contributed by atoms with van der Waals surface area (Å²) in [5.41, 5.74) is 0. The highest BCUT2D eigenvalue weighted by Crippen LogP contribution is 2.29. The Morgan fingerprint density at radius 1 is 0.255 bits per heavy atom. The largest absolute Gasteiger partial charge is 0.436 e. The highest BCUT2D eigenvalue weighted by molar-refractivity contribution is 6.90. The second kappa shape index (κ2) is 26.7. The fraction of sp³-hybridized carbons (Fsp3) is 1.00. The SMILES string of the molecule is CCCCCCCCCCCCCCCC[Si](C)(C)O[Si](C)(C)O[Si](C)(C)O[Si](C)(C)O[Si](C)(C)CCCCCCCCCCCC. The Labute approximate surface area is 303 Å². The van der Waals surface area contributed by atoms with Crippen molar-refractivity contribution >= 4 is 42.3 Å². The van der Waals surface area contributed by atoms with E-state index in [4.69, 9.17) is 16.5 Å². The molecule has 0 aliphatic rings. The quantitative estimate of drug-likeness (QED) is 0.0485. The van der Waals surface area contributed by atoms with Crippen molar-refractivity contribution in [2.24, 2.45) is 0 Å². The molecule has 47 heavy (non-hydrogen) atoms. The van der Waals surface area contributed by atoms with E-state index in [1.165, 1.54) is 166 Å².